The van der Waals surface area contributed by atoms with Gasteiger partial charge >= 0.3 is 23.7 Å². The zero-order chi connectivity index (χ0) is 49.9. The quantitative estimate of drug-likeness (QED) is 0.102. The van der Waals surface area contributed by atoms with Crippen molar-refractivity contribution in [3.63, 3.8) is 0 Å². The van der Waals surface area contributed by atoms with Gasteiger partial charge in [0.05, 0.1) is 43.3 Å². The van der Waals surface area contributed by atoms with E-state index < -0.39 is 34.6 Å². The van der Waals surface area contributed by atoms with Crippen LogP contribution in [0.5, 0.6) is 17.2 Å². The van der Waals surface area contributed by atoms with Crippen molar-refractivity contribution >= 4 is 52.9 Å². The van der Waals surface area contributed by atoms with Gasteiger partial charge in [0.1, 0.15) is 0 Å². The Balaban J connectivity index is 0.000000897. The number of carbonyl (C=O) groups is 5. The lowest BCUT2D eigenvalue weighted by molar-refractivity contribution is -0.148. The fourth-order valence-electron chi connectivity index (χ4n) is 9.19. The summed E-state index contributed by atoms with van der Waals surface area (Å²) in [7, 11) is 4.58. The second-order valence-corrected chi connectivity index (χ2v) is 17.8. The van der Waals surface area contributed by atoms with E-state index in [0.29, 0.717) is 110 Å². The molecule has 0 radical (unpaired) electrons. The molecule has 0 spiro atoms. The second-order valence-electron chi connectivity index (χ2n) is 17.0. The Bertz CT molecular complexity index is 2520. The van der Waals surface area contributed by atoms with Gasteiger partial charge in [-0.1, -0.05) is 59.6 Å². The first-order valence-electron chi connectivity index (χ1n) is 22.2. The number of likely N-dealkylation sites (tertiary alicyclic amines) is 2. The molecule has 3 saturated heterocycles. The Kier molecular flexibility index (Phi) is 17.6. The minimum Gasteiger partial charge on any atom is -0.493 e. The summed E-state index contributed by atoms with van der Waals surface area (Å²) in [5.74, 6) is -2.13. The number of benzene rings is 3. The van der Waals surface area contributed by atoms with E-state index in [9.17, 15) is 28.8 Å². The second kappa shape index (κ2) is 23.3. The minimum atomic E-state index is -1.26. The summed E-state index contributed by atoms with van der Waals surface area (Å²) in [4.78, 5) is 80.1. The molecule has 0 saturated carbocycles. The maximum absolute atomic E-state index is 14.7. The summed E-state index contributed by atoms with van der Waals surface area (Å²) in [6, 6.07) is 19.2. The Labute approximate surface area is 408 Å². The SMILES string of the molecule is COc1cc(C(=O)N2CC[C@](CCN3CCC(C(=O)N4CCN(CC(=O)OCc5oc(=O)oc5C)CC4)(c4ccccc4)CC3)(c3ccc(Cl)c(Cl)c3)C2)cc(OC)c1OC.O=C(O)/C=C/C(=O)O. The highest BCUT2D eigenvalue weighted by atomic mass is 35.5. The molecule has 4 heterocycles. The Morgan fingerprint density at radius 1 is 0.725 bits per heavy atom. The molecule has 370 valence electrons. The molecule has 4 aromatic rings. The lowest BCUT2D eigenvalue weighted by Crippen LogP contribution is -2.58. The third-order valence-corrected chi connectivity index (χ3v) is 13.8. The van der Waals surface area contributed by atoms with Gasteiger partial charge in [-0.05, 0) is 87.6 Å². The molecule has 3 aliphatic rings. The van der Waals surface area contributed by atoms with Crippen LogP contribution in [0.2, 0.25) is 10.0 Å². The number of carboxylic acids is 2. The van der Waals surface area contributed by atoms with Crippen LogP contribution in [0.15, 0.2) is 86.4 Å². The Hall–Kier alpha value is -6.34. The molecule has 0 aliphatic carbocycles. The third kappa shape index (κ3) is 12.7. The van der Waals surface area contributed by atoms with E-state index in [2.05, 4.69) is 17.0 Å². The first-order valence-corrected chi connectivity index (χ1v) is 23.0. The van der Waals surface area contributed by atoms with Crippen molar-refractivity contribution in [1.82, 2.24) is 19.6 Å². The van der Waals surface area contributed by atoms with E-state index in [1.54, 1.807) is 19.1 Å². The predicted octanol–water partition coefficient (Wildman–Crippen LogP) is 5.68. The summed E-state index contributed by atoms with van der Waals surface area (Å²) < 4.78 is 31.7. The summed E-state index contributed by atoms with van der Waals surface area (Å²) >= 11 is 13.0. The number of piperazine rings is 1. The van der Waals surface area contributed by atoms with Gasteiger partial charge in [-0.3, -0.25) is 19.3 Å². The molecule has 1 aromatic heterocycles. The minimum absolute atomic E-state index is 0.0581. The molecular formula is C49H56Cl2N4O14. The van der Waals surface area contributed by atoms with Crippen LogP contribution in [-0.2, 0) is 41.4 Å². The smallest absolute Gasteiger partial charge is 0.493 e. The number of halogens is 2. The van der Waals surface area contributed by atoms with Crippen LogP contribution in [0, 0.1) is 6.92 Å². The summed E-state index contributed by atoms with van der Waals surface area (Å²) in [5, 5.41) is 16.6. The summed E-state index contributed by atoms with van der Waals surface area (Å²) in [6.07, 6.45) is 3.91. The van der Waals surface area contributed by atoms with Crippen LogP contribution in [0.1, 0.15) is 58.7 Å². The molecule has 18 nitrogen and oxygen atoms in total. The highest BCUT2D eigenvalue weighted by Gasteiger charge is 2.47. The van der Waals surface area contributed by atoms with Crippen molar-refractivity contribution in [1.29, 1.82) is 0 Å². The number of ether oxygens (including phenoxy) is 4. The van der Waals surface area contributed by atoms with Gasteiger partial charge in [0.15, 0.2) is 29.6 Å². The molecule has 0 bridgehead atoms. The van der Waals surface area contributed by atoms with Gasteiger partial charge in [0.25, 0.3) is 5.91 Å². The van der Waals surface area contributed by atoms with Crippen LogP contribution in [0.3, 0.4) is 0 Å². The Morgan fingerprint density at radius 3 is 1.91 bits per heavy atom. The number of carbonyl (C=O) groups excluding carboxylic acids is 3. The molecule has 0 unspecified atom stereocenters. The topological polar surface area (TPSA) is 219 Å². The van der Waals surface area contributed by atoms with Crippen molar-refractivity contribution in [2.75, 3.05) is 86.8 Å². The number of rotatable bonds is 16. The normalized spacial score (nSPS) is 18.3. The van der Waals surface area contributed by atoms with Crippen molar-refractivity contribution < 1.29 is 62.0 Å². The van der Waals surface area contributed by atoms with Crippen molar-refractivity contribution in [2.45, 2.75) is 50.0 Å². The average molecular weight is 996 g/mol. The van der Waals surface area contributed by atoms with Gasteiger partial charge in [0.2, 0.25) is 11.7 Å². The molecular weight excluding hydrogens is 939 g/mol. The number of esters is 1. The molecule has 20 heteroatoms. The molecule has 2 N–H and O–H groups in total. The van der Waals surface area contributed by atoms with Crippen LogP contribution < -0.4 is 20.0 Å². The molecule has 1 atom stereocenters. The largest absolute Gasteiger partial charge is 0.519 e. The average Bonchev–Trinajstić information content (AvgIpc) is 3.94. The lowest BCUT2D eigenvalue weighted by Gasteiger charge is -2.46. The van der Waals surface area contributed by atoms with E-state index in [-0.39, 0.29) is 36.5 Å². The van der Waals surface area contributed by atoms with E-state index in [0.717, 1.165) is 30.5 Å². The molecule has 3 aromatic carbocycles. The first-order chi connectivity index (χ1) is 33.0. The fraction of sp³-hybridized carbons (Fsp3) is 0.429. The zero-order valence-corrected chi connectivity index (χ0v) is 40.4. The number of amides is 2. The standard InChI is InChI=1S/C45H52Cl2N4O10.C4H4O4/c1-30-38(61-43(55)60-30)28-59-39(52)27-49-20-22-50(23-21-49)42(54)45(32-8-6-5-7-9-32)14-17-48(18-15-45)16-12-44(33-10-11-34(46)35(47)26-33)13-19-51(29-44)41(53)31-24-36(56-2)40(58-4)37(25-31)57-3;5-3(6)1-2-4(7)8/h5-11,24-26H,12-23,27-29H2,1-4H3;1-2H,(H,5,6)(H,7,8)/b;2-1+/t44-;/m0./s1. The van der Waals surface area contributed by atoms with Gasteiger partial charge < -0.3 is 52.7 Å². The molecule has 3 aliphatic heterocycles. The number of methoxy groups -OCH3 is 3. The number of hydrogen-bond donors (Lipinski definition) is 2. The van der Waals surface area contributed by atoms with Gasteiger partial charge in [-0.2, -0.15) is 0 Å². The van der Waals surface area contributed by atoms with Gasteiger partial charge in [-0.25, -0.2) is 14.4 Å². The van der Waals surface area contributed by atoms with E-state index in [4.69, 9.17) is 61.2 Å². The predicted molar refractivity (Wildman–Crippen MR) is 252 cm³/mol. The molecule has 2 amide bonds. The summed E-state index contributed by atoms with van der Waals surface area (Å²) in [6.45, 7) is 6.67. The lowest BCUT2D eigenvalue weighted by atomic mass is 9.71. The van der Waals surface area contributed by atoms with Crippen LogP contribution >= 0.6 is 23.2 Å². The van der Waals surface area contributed by atoms with E-state index in [1.165, 1.54) is 21.3 Å². The molecule has 3 fully saturated rings. The maximum Gasteiger partial charge on any atom is 0.519 e. The number of aryl methyl sites for hydroxylation is 1. The molecule has 7 rings (SSSR count). The number of aliphatic carboxylic acids is 2. The Morgan fingerprint density at radius 2 is 1.36 bits per heavy atom. The maximum atomic E-state index is 14.7. The van der Waals surface area contributed by atoms with Crippen molar-refractivity contribution in [2.24, 2.45) is 0 Å². The first kappa shape index (κ1) is 52.0. The van der Waals surface area contributed by atoms with Crippen molar-refractivity contribution in [3.05, 3.63) is 122 Å². The number of carboxylic acid groups (broad SMARTS) is 2. The van der Waals surface area contributed by atoms with Crippen molar-refractivity contribution in [3.8, 4) is 17.2 Å². The third-order valence-electron chi connectivity index (χ3n) is 13.0. The summed E-state index contributed by atoms with van der Waals surface area (Å²) in [5.41, 5.74) is 1.39. The highest BCUT2D eigenvalue weighted by molar-refractivity contribution is 6.42. The number of hydrogen-bond acceptors (Lipinski definition) is 14. The van der Waals surface area contributed by atoms with Crippen LogP contribution in [-0.4, -0.2) is 146 Å². The molecule has 69 heavy (non-hydrogen) atoms. The monoisotopic (exact) mass is 994 g/mol. The number of nitrogens with zero attached hydrogens (tertiary/aromatic N) is 4. The van der Waals surface area contributed by atoms with Gasteiger partial charge in [-0.15, -0.1) is 0 Å². The number of piperidine rings is 1. The van der Waals surface area contributed by atoms with Gasteiger partial charge in [0, 0.05) is 62.4 Å². The van der Waals surface area contributed by atoms with Crippen LogP contribution in [0.4, 0.5) is 0 Å². The van der Waals surface area contributed by atoms with E-state index >= 15 is 0 Å². The fourth-order valence-corrected chi connectivity index (χ4v) is 9.49. The highest BCUT2D eigenvalue weighted by Crippen LogP contribution is 2.44. The van der Waals surface area contributed by atoms with E-state index in [1.807, 2.05) is 51.1 Å². The zero-order valence-electron chi connectivity index (χ0n) is 38.9. The van der Waals surface area contributed by atoms with Crippen LogP contribution in [0.25, 0.3) is 0 Å².